The largest absolute Gasteiger partial charge is 0.481 e. The summed E-state index contributed by atoms with van der Waals surface area (Å²) in [6, 6.07) is 4.40. The Hall–Kier alpha value is -2.50. The number of aliphatic carboxylic acids is 1. The van der Waals surface area contributed by atoms with E-state index in [1.165, 1.54) is 12.1 Å². The van der Waals surface area contributed by atoms with Crippen molar-refractivity contribution in [2.75, 3.05) is 0 Å². The molecule has 5 nitrogen and oxygen atoms in total. The van der Waals surface area contributed by atoms with E-state index in [9.17, 15) is 14.0 Å². The van der Waals surface area contributed by atoms with E-state index in [4.69, 9.17) is 5.11 Å². The number of H-pyrrole nitrogens is 1. The molecule has 0 spiro atoms. The van der Waals surface area contributed by atoms with E-state index in [1.54, 1.807) is 19.9 Å². The summed E-state index contributed by atoms with van der Waals surface area (Å²) in [5.41, 5.74) is 1.62. The van der Waals surface area contributed by atoms with Crippen LogP contribution in [0.2, 0.25) is 0 Å². The van der Waals surface area contributed by atoms with Crippen molar-refractivity contribution in [1.29, 1.82) is 0 Å². The van der Waals surface area contributed by atoms with E-state index >= 15 is 0 Å². The van der Waals surface area contributed by atoms with Gasteiger partial charge in [-0.15, -0.1) is 0 Å². The number of aromatic amines is 1. The van der Waals surface area contributed by atoms with Gasteiger partial charge in [0.25, 0.3) is 5.56 Å². The van der Waals surface area contributed by atoms with Crippen LogP contribution in [0.1, 0.15) is 23.2 Å². The number of benzene rings is 1. The maximum absolute atomic E-state index is 13.4. The minimum Gasteiger partial charge on any atom is -0.481 e. The first-order valence-corrected chi connectivity index (χ1v) is 6.46. The number of carbonyl (C=O) groups is 1. The number of nitrogens with zero attached hydrogens (tertiary/aromatic N) is 1. The van der Waals surface area contributed by atoms with Gasteiger partial charge in [0.2, 0.25) is 0 Å². The van der Waals surface area contributed by atoms with Gasteiger partial charge in [0.15, 0.2) is 0 Å². The van der Waals surface area contributed by atoms with Gasteiger partial charge in [0.05, 0.1) is 0 Å². The number of hydrogen-bond acceptors (Lipinski definition) is 3. The summed E-state index contributed by atoms with van der Waals surface area (Å²) in [6.45, 7) is 3.39. The average Bonchev–Trinajstić information content (AvgIpc) is 2.36. The predicted molar refractivity (Wildman–Crippen MR) is 75.7 cm³/mol. The van der Waals surface area contributed by atoms with Gasteiger partial charge >= 0.3 is 5.97 Å². The third-order valence-corrected chi connectivity index (χ3v) is 3.13. The lowest BCUT2D eigenvalue weighted by Crippen LogP contribution is -2.18. The highest BCUT2D eigenvalue weighted by Gasteiger charge is 2.11. The number of aromatic nitrogens is 2. The topological polar surface area (TPSA) is 83.0 Å². The van der Waals surface area contributed by atoms with Crippen LogP contribution < -0.4 is 5.56 Å². The van der Waals surface area contributed by atoms with Crippen LogP contribution in [-0.2, 0) is 11.2 Å². The van der Waals surface area contributed by atoms with Gasteiger partial charge in [-0.3, -0.25) is 9.59 Å². The quantitative estimate of drug-likeness (QED) is 0.904. The first-order chi connectivity index (χ1) is 9.86. The molecule has 1 aromatic carbocycles. The van der Waals surface area contributed by atoms with Crippen molar-refractivity contribution in [1.82, 2.24) is 9.97 Å². The molecule has 2 aromatic rings. The number of rotatable bonds is 4. The molecule has 0 radical (unpaired) electrons. The van der Waals surface area contributed by atoms with Crippen LogP contribution in [-0.4, -0.2) is 21.0 Å². The van der Waals surface area contributed by atoms with E-state index in [2.05, 4.69) is 9.97 Å². The van der Waals surface area contributed by atoms with Crippen molar-refractivity contribution in [2.24, 2.45) is 0 Å². The summed E-state index contributed by atoms with van der Waals surface area (Å²) in [4.78, 5) is 29.5. The van der Waals surface area contributed by atoms with Crippen molar-refractivity contribution in [3.8, 4) is 11.4 Å². The Balaban J connectivity index is 2.44. The Bertz CT molecular complexity index is 733. The molecule has 0 aliphatic carbocycles. The minimum atomic E-state index is -0.973. The van der Waals surface area contributed by atoms with Gasteiger partial charge in [-0.05, 0) is 44.0 Å². The standard InChI is InChI=1S/C15H15FN2O3/c1-8-5-10(7-11(16)6-8)14-17-9(2)12(15(21)18-14)3-4-13(19)20/h5-7H,3-4H2,1-2H3,(H,19,20)(H,17,18,21). The second-order valence-corrected chi connectivity index (χ2v) is 4.89. The van der Waals surface area contributed by atoms with E-state index in [-0.39, 0.29) is 24.2 Å². The lowest BCUT2D eigenvalue weighted by atomic mass is 10.1. The fourth-order valence-corrected chi connectivity index (χ4v) is 2.15. The minimum absolute atomic E-state index is 0.117. The zero-order valence-electron chi connectivity index (χ0n) is 11.7. The normalized spacial score (nSPS) is 10.6. The molecule has 0 amide bonds. The molecule has 21 heavy (non-hydrogen) atoms. The summed E-state index contributed by atoms with van der Waals surface area (Å²) in [7, 11) is 0. The maximum Gasteiger partial charge on any atom is 0.303 e. The average molecular weight is 290 g/mol. The predicted octanol–water partition coefficient (Wildman–Crippen LogP) is 2.21. The molecule has 2 rings (SSSR count). The van der Waals surface area contributed by atoms with Crippen molar-refractivity contribution < 1.29 is 14.3 Å². The van der Waals surface area contributed by atoms with Gasteiger partial charge in [-0.2, -0.15) is 0 Å². The van der Waals surface area contributed by atoms with Crippen LogP contribution in [0.4, 0.5) is 4.39 Å². The molecule has 0 saturated carbocycles. The van der Waals surface area contributed by atoms with Crippen LogP contribution >= 0.6 is 0 Å². The zero-order chi connectivity index (χ0) is 15.6. The molecule has 0 atom stereocenters. The summed E-state index contributed by atoms with van der Waals surface area (Å²) >= 11 is 0. The molecule has 6 heteroatoms. The van der Waals surface area contributed by atoms with E-state index in [1.807, 2.05) is 0 Å². The summed E-state index contributed by atoms with van der Waals surface area (Å²) in [5, 5.41) is 8.68. The molecule has 2 N–H and O–H groups in total. The Kier molecular flexibility index (Phi) is 4.16. The van der Waals surface area contributed by atoms with Gasteiger partial charge in [0.1, 0.15) is 11.6 Å². The monoisotopic (exact) mass is 290 g/mol. The number of aryl methyl sites for hydroxylation is 2. The molecular weight excluding hydrogens is 275 g/mol. The third-order valence-electron chi connectivity index (χ3n) is 3.13. The van der Waals surface area contributed by atoms with Crippen LogP contribution in [0.5, 0.6) is 0 Å². The first kappa shape index (κ1) is 14.9. The molecule has 1 heterocycles. The van der Waals surface area contributed by atoms with Crippen LogP contribution in [0.15, 0.2) is 23.0 Å². The van der Waals surface area contributed by atoms with Gasteiger partial charge in [-0.1, -0.05) is 0 Å². The molecule has 110 valence electrons. The smallest absolute Gasteiger partial charge is 0.303 e. The Labute approximate surface area is 120 Å². The lowest BCUT2D eigenvalue weighted by molar-refractivity contribution is -0.136. The highest BCUT2D eigenvalue weighted by molar-refractivity contribution is 5.67. The summed E-state index contributed by atoms with van der Waals surface area (Å²) < 4.78 is 13.4. The van der Waals surface area contributed by atoms with Crippen molar-refractivity contribution in [3.63, 3.8) is 0 Å². The Morgan fingerprint density at radius 3 is 2.62 bits per heavy atom. The molecule has 0 aliphatic rings. The molecule has 0 saturated heterocycles. The van der Waals surface area contributed by atoms with E-state index < -0.39 is 11.8 Å². The fraction of sp³-hybridized carbons (Fsp3) is 0.267. The van der Waals surface area contributed by atoms with Gasteiger partial charge in [0, 0.05) is 23.2 Å². The SMILES string of the molecule is Cc1cc(F)cc(-c2nc(C)c(CCC(=O)O)c(=O)[nH]2)c1. The third kappa shape index (κ3) is 3.53. The number of halogens is 1. The lowest BCUT2D eigenvalue weighted by Gasteiger charge is -2.07. The molecule has 1 aromatic heterocycles. The molecule has 0 fully saturated rings. The zero-order valence-corrected chi connectivity index (χ0v) is 11.7. The van der Waals surface area contributed by atoms with E-state index in [0.717, 1.165) is 5.56 Å². The molecule has 0 unspecified atom stereocenters. The Morgan fingerprint density at radius 1 is 1.33 bits per heavy atom. The van der Waals surface area contributed by atoms with Gasteiger partial charge < -0.3 is 10.1 Å². The molecule has 0 aliphatic heterocycles. The first-order valence-electron chi connectivity index (χ1n) is 6.46. The van der Waals surface area contributed by atoms with Crippen LogP contribution in [0.3, 0.4) is 0 Å². The van der Waals surface area contributed by atoms with Crippen molar-refractivity contribution in [3.05, 3.63) is 51.2 Å². The molecular formula is C15H15FN2O3. The van der Waals surface area contributed by atoms with Crippen LogP contribution in [0.25, 0.3) is 11.4 Å². The Morgan fingerprint density at radius 2 is 2.05 bits per heavy atom. The van der Waals surface area contributed by atoms with E-state index in [0.29, 0.717) is 16.8 Å². The fourth-order valence-electron chi connectivity index (χ4n) is 2.15. The van der Waals surface area contributed by atoms with Gasteiger partial charge in [-0.25, -0.2) is 9.37 Å². The maximum atomic E-state index is 13.4. The number of carboxylic acid groups (broad SMARTS) is 1. The van der Waals surface area contributed by atoms with Crippen LogP contribution in [0, 0.1) is 19.7 Å². The second kappa shape index (κ2) is 5.87. The summed E-state index contributed by atoms with van der Waals surface area (Å²) in [6.07, 6.45) is -0.0179. The van der Waals surface area contributed by atoms with Crippen molar-refractivity contribution in [2.45, 2.75) is 26.7 Å². The highest BCUT2D eigenvalue weighted by Crippen LogP contribution is 2.18. The highest BCUT2D eigenvalue weighted by atomic mass is 19.1. The second-order valence-electron chi connectivity index (χ2n) is 4.89. The molecule has 0 bridgehead atoms. The number of hydrogen-bond donors (Lipinski definition) is 2. The number of carboxylic acids is 1. The van der Waals surface area contributed by atoms with Crippen molar-refractivity contribution >= 4 is 5.97 Å². The number of nitrogens with one attached hydrogen (secondary N) is 1. The summed E-state index contributed by atoms with van der Waals surface area (Å²) in [5.74, 6) is -1.10.